The molecule has 1 heterocycles. The van der Waals surface area contributed by atoms with Crippen LogP contribution in [-0.2, 0) is 0 Å². The molecule has 1 saturated heterocycles. The number of hydrogen-bond acceptors (Lipinski definition) is 4. The highest BCUT2D eigenvalue weighted by atomic mass is 31.1. The number of hydrogen-bond donors (Lipinski definition) is 0. The van der Waals surface area contributed by atoms with Crippen LogP contribution in [0.2, 0.25) is 0 Å². The lowest BCUT2D eigenvalue weighted by molar-refractivity contribution is 0.397. The molecule has 0 aliphatic carbocycles. The maximum absolute atomic E-state index is 6.02. The molecule has 5 heteroatoms. The second kappa shape index (κ2) is 13.6. The van der Waals surface area contributed by atoms with E-state index in [2.05, 4.69) is 78.9 Å². The Hall–Kier alpha value is -4.27. The van der Waals surface area contributed by atoms with Crippen LogP contribution >= 0.6 is 7.92 Å². The normalized spacial score (nSPS) is 18.0. The first-order valence-corrected chi connectivity index (χ1v) is 16.6. The van der Waals surface area contributed by atoms with Crippen LogP contribution in [0.1, 0.15) is 41.7 Å². The maximum atomic E-state index is 6.02. The summed E-state index contributed by atoms with van der Waals surface area (Å²) in [7, 11) is 6.10. The van der Waals surface area contributed by atoms with Crippen LogP contribution in [0.3, 0.4) is 0 Å². The molecule has 0 aromatic heterocycles. The molecule has 5 aromatic rings. The van der Waals surface area contributed by atoms with Gasteiger partial charge in [0.25, 0.3) is 0 Å². The molecule has 0 N–H and O–H groups in total. The Bertz CT molecular complexity index is 1540. The lowest BCUT2D eigenvalue weighted by atomic mass is 9.96. The van der Waals surface area contributed by atoms with Crippen molar-refractivity contribution in [1.82, 2.24) is 0 Å². The van der Waals surface area contributed by atoms with Crippen molar-refractivity contribution in [2.75, 3.05) is 28.4 Å². The Morgan fingerprint density at radius 1 is 0.455 bits per heavy atom. The first kappa shape index (κ1) is 29.8. The Morgan fingerprint density at radius 3 is 1.18 bits per heavy atom. The highest BCUT2D eigenvalue weighted by molar-refractivity contribution is 7.67. The van der Waals surface area contributed by atoms with E-state index in [9.17, 15) is 0 Å². The molecule has 1 aliphatic heterocycles. The minimum Gasteiger partial charge on any atom is -0.496 e. The Kier molecular flexibility index (Phi) is 9.19. The van der Waals surface area contributed by atoms with Gasteiger partial charge >= 0.3 is 0 Å². The minimum atomic E-state index is -0.827. The quantitative estimate of drug-likeness (QED) is 0.157. The molecule has 0 bridgehead atoms. The third-order valence-corrected chi connectivity index (χ3v) is 12.1. The fourth-order valence-electron chi connectivity index (χ4n) is 6.78. The second-order valence-electron chi connectivity index (χ2n) is 11.0. The zero-order chi connectivity index (χ0) is 30.5. The van der Waals surface area contributed by atoms with Crippen LogP contribution in [-0.4, -0.2) is 28.4 Å². The van der Waals surface area contributed by atoms with Crippen molar-refractivity contribution in [1.29, 1.82) is 0 Å². The zero-order valence-corrected chi connectivity index (χ0v) is 26.7. The lowest BCUT2D eigenvalue weighted by Gasteiger charge is -2.42. The van der Waals surface area contributed by atoms with Crippen molar-refractivity contribution in [2.24, 2.45) is 0 Å². The third-order valence-electron chi connectivity index (χ3n) is 8.68. The molecule has 6 rings (SSSR count). The summed E-state index contributed by atoms with van der Waals surface area (Å²) in [5.74, 6) is 3.15. The molecular formula is C39H39O4P. The maximum Gasteiger partial charge on any atom is 0.130 e. The molecule has 1 aliphatic rings. The summed E-state index contributed by atoms with van der Waals surface area (Å²) < 4.78 is 24.1. The number of rotatable bonds is 9. The van der Waals surface area contributed by atoms with E-state index >= 15 is 0 Å². The first-order valence-electron chi connectivity index (χ1n) is 15.1. The van der Waals surface area contributed by atoms with Gasteiger partial charge in [0, 0.05) is 11.3 Å². The predicted octanol–water partition coefficient (Wildman–Crippen LogP) is 9.83. The van der Waals surface area contributed by atoms with E-state index in [-0.39, 0.29) is 0 Å². The van der Waals surface area contributed by atoms with Gasteiger partial charge in [-0.05, 0) is 64.7 Å². The largest absolute Gasteiger partial charge is 0.496 e. The van der Waals surface area contributed by atoms with E-state index in [1.807, 2.05) is 36.4 Å². The fraction of sp³-hybridized carbons (Fsp3) is 0.231. The van der Waals surface area contributed by atoms with Crippen molar-refractivity contribution in [3.05, 3.63) is 126 Å². The van der Waals surface area contributed by atoms with Crippen LogP contribution in [0.25, 0.3) is 22.3 Å². The van der Waals surface area contributed by atoms with E-state index in [1.165, 1.54) is 22.9 Å². The summed E-state index contributed by atoms with van der Waals surface area (Å²) in [6, 6.07) is 40.8. The standard InChI is InChI=1S/C39H39O4P/c1-40-31-21-12-22-32(41-2)37(31)29-19-11-20-30(38-33(42-3)23-13-24-34(38)43-4)39(29)44-35(27-15-7-5-8-16-27)25-14-26-36(44)28-17-9-6-10-18-28/h5-13,15-24,35-36H,14,25-26H2,1-4H3. The molecule has 0 amide bonds. The molecule has 0 radical (unpaired) electrons. The van der Waals surface area contributed by atoms with Crippen molar-refractivity contribution in [3.8, 4) is 45.3 Å². The summed E-state index contributed by atoms with van der Waals surface area (Å²) in [5.41, 5.74) is 7.67. The van der Waals surface area contributed by atoms with Crippen molar-refractivity contribution in [2.45, 2.75) is 30.6 Å². The van der Waals surface area contributed by atoms with Gasteiger partial charge in [-0.25, -0.2) is 0 Å². The second-order valence-corrected chi connectivity index (χ2v) is 13.5. The molecule has 5 aromatic carbocycles. The molecule has 224 valence electrons. The summed E-state index contributed by atoms with van der Waals surface area (Å²) in [4.78, 5) is 0. The smallest absolute Gasteiger partial charge is 0.130 e. The Labute approximate surface area is 262 Å². The van der Waals surface area contributed by atoms with Crippen molar-refractivity contribution >= 4 is 13.2 Å². The van der Waals surface area contributed by atoms with Gasteiger partial charge in [-0.2, -0.15) is 0 Å². The summed E-state index contributed by atoms with van der Waals surface area (Å²) in [6.45, 7) is 0. The lowest BCUT2D eigenvalue weighted by Crippen LogP contribution is -2.22. The van der Waals surface area contributed by atoms with Gasteiger partial charge in [0.1, 0.15) is 23.0 Å². The molecule has 4 nitrogen and oxygen atoms in total. The zero-order valence-electron chi connectivity index (χ0n) is 25.8. The molecule has 0 saturated carbocycles. The van der Waals surface area contributed by atoms with Gasteiger partial charge < -0.3 is 18.9 Å². The van der Waals surface area contributed by atoms with E-state index < -0.39 is 7.92 Å². The highest BCUT2D eigenvalue weighted by Crippen LogP contribution is 2.69. The van der Waals surface area contributed by atoms with Crippen LogP contribution in [0.5, 0.6) is 23.0 Å². The highest BCUT2D eigenvalue weighted by Gasteiger charge is 2.39. The monoisotopic (exact) mass is 602 g/mol. The average molecular weight is 603 g/mol. The van der Waals surface area contributed by atoms with Crippen LogP contribution < -0.4 is 24.3 Å². The molecule has 1 fully saturated rings. The van der Waals surface area contributed by atoms with E-state index in [0.717, 1.165) is 58.1 Å². The summed E-state index contributed by atoms with van der Waals surface area (Å²) in [5, 5.41) is 1.32. The molecule has 2 atom stereocenters. The topological polar surface area (TPSA) is 36.9 Å². The van der Waals surface area contributed by atoms with Crippen molar-refractivity contribution < 1.29 is 18.9 Å². The predicted molar refractivity (Wildman–Crippen MR) is 182 cm³/mol. The van der Waals surface area contributed by atoms with Gasteiger partial charge in [0.05, 0.1) is 39.6 Å². The van der Waals surface area contributed by atoms with Gasteiger partial charge in [-0.1, -0.05) is 105 Å². The molecule has 0 spiro atoms. The van der Waals surface area contributed by atoms with Crippen molar-refractivity contribution in [3.63, 3.8) is 0 Å². The Balaban J connectivity index is 1.75. The number of benzene rings is 5. The van der Waals surface area contributed by atoms with Gasteiger partial charge in [-0.3, -0.25) is 0 Å². The molecular weight excluding hydrogens is 563 g/mol. The Morgan fingerprint density at radius 2 is 0.818 bits per heavy atom. The summed E-state index contributed by atoms with van der Waals surface area (Å²) in [6.07, 6.45) is 3.42. The molecule has 44 heavy (non-hydrogen) atoms. The number of ether oxygens (including phenoxy) is 4. The third kappa shape index (κ3) is 5.55. The van der Waals surface area contributed by atoms with Gasteiger partial charge in [0.15, 0.2) is 0 Å². The van der Waals surface area contributed by atoms with E-state index in [0.29, 0.717) is 11.3 Å². The van der Waals surface area contributed by atoms with Crippen LogP contribution in [0, 0.1) is 0 Å². The van der Waals surface area contributed by atoms with Crippen LogP contribution in [0.15, 0.2) is 115 Å². The molecule has 2 unspecified atom stereocenters. The average Bonchev–Trinajstić information content (AvgIpc) is 3.10. The van der Waals surface area contributed by atoms with E-state index in [1.54, 1.807) is 28.4 Å². The minimum absolute atomic E-state index is 0.353. The number of methoxy groups -OCH3 is 4. The van der Waals surface area contributed by atoms with E-state index in [4.69, 9.17) is 18.9 Å². The van der Waals surface area contributed by atoms with Crippen LogP contribution in [0.4, 0.5) is 0 Å². The van der Waals surface area contributed by atoms with Gasteiger partial charge in [0.2, 0.25) is 0 Å². The SMILES string of the molecule is COc1cccc(OC)c1-c1cccc(-c2c(OC)cccc2OC)c1P1C(c2ccccc2)CCCC1c1ccccc1. The fourth-order valence-corrected chi connectivity index (χ4v) is 10.7. The summed E-state index contributed by atoms with van der Waals surface area (Å²) >= 11 is 0. The first-order chi connectivity index (χ1) is 21.7. The van der Waals surface area contributed by atoms with Gasteiger partial charge in [-0.15, -0.1) is 0 Å².